The summed E-state index contributed by atoms with van der Waals surface area (Å²) in [5, 5.41) is 8.05. The predicted octanol–water partition coefficient (Wildman–Crippen LogP) is 0.894. The SMILES string of the molecule is NC1CC1Nc1nc2ccc(Cl)cn2n1. The van der Waals surface area contributed by atoms with E-state index in [1.165, 1.54) is 0 Å². The quantitative estimate of drug-likeness (QED) is 0.794. The lowest BCUT2D eigenvalue weighted by atomic mass is 10.5. The zero-order valence-electron chi connectivity index (χ0n) is 7.89. The topological polar surface area (TPSA) is 68.2 Å². The molecule has 0 bridgehead atoms. The van der Waals surface area contributed by atoms with E-state index >= 15 is 0 Å². The summed E-state index contributed by atoms with van der Waals surface area (Å²) in [5.74, 6) is 0.607. The van der Waals surface area contributed by atoms with Crippen LogP contribution in [-0.2, 0) is 0 Å². The van der Waals surface area contributed by atoms with Crippen molar-refractivity contribution in [3.8, 4) is 0 Å². The van der Waals surface area contributed by atoms with E-state index in [9.17, 15) is 0 Å². The van der Waals surface area contributed by atoms with Gasteiger partial charge in [0.05, 0.1) is 5.02 Å². The Morgan fingerprint density at radius 1 is 1.53 bits per heavy atom. The fourth-order valence-corrected chi connectivity index (χ4v) is 1.62. The van der Waals surface area contributed by atoms with Crippen LogP contribution in [0.3, 0.4) is 0 Å². The number of pyridine rings is 1. The zero-order chi connectivity index (χ0) is 10.4. The number of nitrogens with two attached hydrogens (primary N) is 1. The molecule has 5 nitrogen and oxygen atoms in total. The van der Waals surface area contributed by atoms with E-state index in [0.717, 1.165) is 12.1 Å². The van der Waals surface area contributed by atoms with Crippen molar-refractivity contribution < 1.29 is 0 Å². The minimum absolute atomic E-state index is 0.236. The summed E-state index contributed by atoms with van der Waals surface area (Å²) in [7, 11) is 0. The lowest BCUT2D eigenvalue weighted by Gasteiger charge is -1.95. The van der Waals surface area contributed by atoms with Crippen LogP contribution in [0.15, 0.2) is 18.3 Å². The molecule has 1 aliphatic rings. The van der Waals surface area contributed by atoms with Gasteiger partial charge in [0.25, 0.3) is 0 Å². The molecule has 6 heteroatoms. The summed E-state index contributed by atoms with van der Waals surface area (Å²) in [6.07, 6.45) is 2.71. The number of aromatic nitrogens is 3. The number of fused-ring (bicyclic) bond motifs is 1. The molecule has 1 fully saturated rings. The molecule has 0 aliphatic heterocycles. The Bertz CT molecular complexity index is 508. The van der Waals surface area contributed by atoms with Crippen LogP contribution >= 0.6 is 11.6 Å². The summed E-state index contributed by atoms with van der Waals surface area (Å²) in [6.45, 7) is 0. The Morgan fingerprint density at radius 3 is 3.07 bits per heavy atom. The van der Waals surface area contributed by atoms with E-state index in [-0.39, 0.29) is 6.04 Å². The van der Waals surface area contributed by atoms with Gasteiger partial charge in [0, 0.05) is 18.3 Å². The number of halogens is 1. The van der Waals surface area contributed by atoms with Gasteiger partial charge >= 0.3 is 0 Å². The molecular formula is C9H10ClN5. The zero-order valence-corrected chi connectivity index (χ0v) is 8.65. The second-order valence-electron chi connectivity index (χ2n) is 3.74. The molecule has 2 aromatic heterocycles. The van der Waals surface area contributed by atoms with Crippen LogP contribution in [0.5, 0.6) is 0 Å². The van der Waals surface area contributed by atoms with E-state index < -0.39 is 0 Å². The van der Waals surface area contributed by atoms with Crippen molar-refractivity contribution in [1.29, 1.82) is 0 Å². The smallest absolute Gasteiger partial charge is 0.243 e. The monoisotopic (exact) mass is 223 g/mol. The molecule has 0 spiro atoms. The number of hydrogen-bond acceptors (Lipinski definition) is 4. The fourth-order valence-electron chi connectivity index (χ4n) is 1.47. The highest BCUT2D eigenvalue weighted by Gasteiger charge is 2.34. The summed E-state index contributed by atoms with van der Waals surface area (Å²) < 4.78 is 1.65. The van der Waals surface area contributed by atoms with Gasteiger partial charge in [-0.1, -0.05) is 11.6 Å². The maximum absolute atomic E-state index is 5.84. The Labute approximate surface area is 91.2 Å². The number of nitrogens with zero attached hydrogens (tertiary/aromatic N) is 3. The maximum Gasteiger partial charge on any atom is 0.243 e. The maximum atomic E-state index is 5.84. The first-order valence-electron chi connectivity index (χ1n) is 4.76. The number of nitrogens with one attached hydrogen (secondary N) is 1. The molecule has 2 aromatic rings. The van der Waals surface area contributed by atoms with Gasteiger partial charge in [-0.2, -0.15) is 4.98 Å². The van der Waals surface area contributed by atoms with Crippen LogP contribution in [0.2, 0.25) is 5.02 Å². The molecule has 0 aromatic carbocycles. The summed E-state index contributed by atoms with van der Waals surface area (Å²) in [5.41, 5.74) is 6.46. The summed E-state index contributed by atoms with van der Waals surface area (Å²) in [4.78, 5) is 4.29. The second-order valence-corrected chi connectivity index (χ2v) is 4.17. The highest BCUT2D eigenvalue weighted by Crippen LogP contribution is 2.22. The summed E-state index contributed by atoms with van der Waals surface area (Å²) in [6, 6.07) is 4.17. The van der Waals surface area contributed by atoms with Crippen LogP contribution in [-0.4, -0.2) is 26.7 Å². The van der Waals surface area contributed by atoms with Crippen molar-refractivity contribution in [2.45, 2.75) is 18.5 Å². The molecule has 3 rings (SSSR count). The lowest BCUT2D eigenvalue weighted by molar-refractivity contribution is 0.935. The van der Waals surface area contributed by atoms with Gasteiger partial charge in [-0.15, -0.1) is 5.10 Å². The standard InChI is InChI=1S/C9H10ClN5/c10-5-1-2-8-13-9(14-15(8)4-5)12-7-3-6(7)11/h1-2,4,6-7H,3,11H2,(H,12,14). The summed E-state index contributed by atoms with van der Waals surface area (Å²) >= 11 is 5.84. The first-order chi connectivity index (χ1) is 7.22. The first kappa shape index (κ1) is 8.94. The number of hydrogen-bond donors (Lipinski definition) is 2. The van der Waals surface area contributed by atoms with E-state index in [4.69, 9.17) is 17.3 Å². The molecule has 2 heterocycles. The minimum atomic E-state index is 0.236. The van der Waals surface area contributed by atoms with Gasteiger partial charge < -0.3 is 11.1 Å². The first-order valence-corrected chi connectivity index (χ1v) is 5.14. The van der Waals surface area contributed by atoms with Gasteiger partial charge in [0.15, 0.2) is 5.65 Å². The Kier molecular flexibility index (Phi) is 1.83. The largest absolute Gasteiger partial charge is 0.349 e. The molecule has 0 amide bonds. The van der Waals surface area contributed by atoms with Crippen LogP contribution in [0.1, 0.15) is 6.42 Å². The average Bonchev–Trinajstić information content (AvgIpc) is 2.75. The fraction of sp³-hybridized carbons (Fsp3) is 0.333. The molecule has 3 N–H and O–H groups in total. The van der Waals surface area contributed by atoms with E-state index in [1.807, 2.05) is 6.07 Å². The van der Waals surface area contributed by atoms with Crippen molar-refractivity contribution >= 4 is 23.2 Å². The van der Waals surface area contributed by atoms with Gasteiger partial charge in [-0.3, -0.25) is 0 Å². The van der Waals surface area contributed by atoms with Crippen LogP contribution < -0.4 is 11.1 Å². The third-order valence-electron chi connectivity index (χ3n) is 2.45. The molecule has 0 radical (unpaired) electrons. The molecule has 1 saturated carbocycles. The van der Waals surface area contributed by atoms with Crippen molar-refractivity contribution in [1.82, 2.24) is 14.6 Å². The molecule has 1 aliphatic carbocycles. The van der Waals surface area contributed by atoms with Gasteiger partial charge in [-0.05, 0) is 18.6 Å². The molecule has 2 atom stereocenters. The molecule has 78 valence electrons. The predicted molar refractivity (Wildman–Crippen MR) is 58.0 cm³/mol. The second kappa shape index (κ2) is 3.08. The highest BCUT2D eigenvalue weighted by atomic mass is 35.5. The molecular weight excluding hydrogens is 214 g/mol. The van der Waals surface area contributed by atoms with E-state index in [2.05, 4.69) is 15.4 Å². The Hall–Kier alpha value is -1.33. The van der Waals surface area contributed by atoms with Crippen LogP contribution in [0.4, 0.5) is 5.95 Å². The minimum Gasteiger partial charge on any atom is -0.349 e. The average molecular weight is 224 g/mol. The van der Waals surface area contributed by atoms with Gasteiger partial charge in [-0.25, -0.2) is 4.52 Å². The highest BCUT2D eigenvalue weighted by molar-refractivity contribution is 6.30. The molecule has 15 heavy (non-hydrogen) atoms. The van der Waals surface area contributed by atoms with Crippen molar-refractivity contribution in [3.05, 3.63) is 23.4 Å². The van der Waals surface area contributed by atoms with Gasteiger partial charge in [0.2, 0.25) is 5.95 Å². The molecule has 2 unspecified atom stereocenters. The van der Waals surface area contributed by atoms with E-state index in [1.54, 1.807) is 16.8 Å². The number of rotatable bonds is 2. The Balaban J connectivity index is 1.92. The third-order valence-corrected chi connectivity index (χ3v) is 2.67. The third kappa shape index (κ3) is 1.64. The lowest BCUT2D eigenvalue weighted by Crippen LogP contribution is -2.13. The number of anilines is 1. The Morgan fingerprint density at radius 2 is 2.33 bits per heavy atom. The van der Waals surface area contributed by atoms with Crippen molar-refractivity contribution in [2.75, 3.05) is 5.32 Å². The van der Waals surface area contributed by atoms with E-state index in [0.29, 0.717) is 17.0 Å². The normalized spacial score (nSPS) is 24.4. The van der Waals surface area contributed by atoms with Gasteiger partial charge in [0.1, 0.15) is 0 Å². The molecule has 0 saturated heterocycles. The van der Waals surface area contributed by atoms with Crippen molar-refractivity contribution in [2.24, 2.45) is 5.73 Å². The van der Waals surface area contributed by atoms with Crippen LogP contribution in [0, 0.1) is 0 Å². The van der Waals surface area contributed by atoms with Crippen molar-refractivity contribution in [3.63, 3.8) is 0 Å². The van der Waals surface area contributed by atoms with Crippen LogP contribution in [0.25, 0.3) is 5.65 Å².